The summed E-state index contributed by atoms with van der Waals surface area (Å²) in [5.41, 5.74) is 0. The summed E-state index contributed by atoms with van der Waals surface area (Å²) < 4.78 is 12.8. The molecule has 0 aromatic heterocycles. The van der Waals surface area contributed by atoms with Gasteiger partial charge in [-0.1, -0.05) is 41.5 Å². The lowest BCUT2D eigenvalue weighted by atomic mass is 9.75. The third kappa shape index (κ3) is 6.24. The first-order chi connectivity index (χ1) is 12.8. The maximum absolute atomic E-state index is 12.4. The summed E-state index contributed by atoms with van der Waals surface area (Å²) in [6, 6.07) is -0.164. The molecule has 7 heteroatoms. The Hall–Kier alpha value is -0.506. The van der Waals surface area contributed by atoms with E-state index < -0.39 is 16.6 Å². The monoisotopic (exact) mass is 443 g/mol. The number of nitrogens with one attached hydrogen (secondary N) is 1. The normalized spacial score (nSPS) is 23.2. The summed E-state index contributed by atoms with van der Waals surface area (Å²) >= 11 is 0. The fourth-order valence-electron chi connectivity index (χ4n) is 3.28. The first-order valence-electron chi connectivity index (χ1n) is 10.9. The number of hydrogen-bond donors (Lipinski definition) is 1. The second-order valence-electron chi connectivity index (χ2n) is 11.8. The average Bonchev–Trinajstić information content (AvgIpc) is 2.46. The van der Waals surface area contributed by atoms with E-state index in [0.29, 0.717) is 13.0 Å². The van der Waals surface area contributed by atoms with Gasteiger partial charge in [-0.2, -0.15) is 0 Å². The minimum absolute atomic E-state index is 0.00206. The molecule has 170 valence electrons. The number of carbonyl (C=O) groups is 2. The van der Waals surface area contributed by atoms with Crippen LogP contribution in [0, 0.1) is 11.8 Å². The number of hydrogen-bond acceptors (Lipinski definition) is 4. The number of carbonyl (C=O) groups excluding carboxylic acids is 2. The molecule has 4 atom stereocenters. The summed E-state index contributed by atoms with van der Waals surface area (Å²) in [5.74, 6) is -0.394. The maximum atomic E-state index is 12.4. The van der Waals surface area contributed by atoms with Crippen molar-refractivity contribution in [2.24, 2.45) is 11.8 Å². The van der Waals surface area contributed by atoms with E-state index in [1.54, 1.807) is 6.92 Å². The van der Waals surface area contributed by atoms with Crippen LogP contribution < -0.4 is 5.32 Å². The van der Waals surface area contributed by atoms with Gasteiger partial charge in [-0.3, -0.25) is 9.59 Å². The number of Topliss-reactive ketones (excluding diaryl/α,β-unsaturated/α-hetero) is 1. The summed E-state index contributed by atoms with van der Waals surface area (Å²) in [5, 5.41) is 3.20. The predicted octanol–water partition coefficient (Wildman–Crippen LogP) is 5.13. The molecule has 1 N–H and O–H groups in total. The summed E-state index contributed by atoms with van der Waals surface area (Å²) in [7, 11) is -3.85. The van der Waals surface area contributed by atoms with Crippen molar-refractivity contribution in [2.45, 2.75) is 110 Å². The van der Waals surface area contributed by atoms with E-state index in [-0.39, 0.29) is 45.7 Å². The van der Waals surface area contributed by atoms with Crippen LogP contribution in [0.2, 0.25) is 36.3 Å². The van der Waals surface area contributed by atoms with Gasteiger partial charge in [0.1, 0.15) is 5.78 Å². The molecule has 1 heterocycles. The van der Waals surface area contributed by atoms with Crippen LogP contribution in [0.25, 0.3) is 0 Å². The second kappa shape index (κ2) is 8.93. The molecule has 0 radical (unpaired) electrons. The van der Waals surface area contributed by atoms with E-state index >= 15 is 0 Å². The van der Waals surface area contributed by atoms with Gasteiger partial charge < -0.3 is 14.2 Å². The molecule has 29 heavy (non-hydrogen) atoms. The predicted molar refractivity (Wildman–Crippen MR) is 125 cm³/mol. The molecule has 1 amide bonds. The molecule has 0 saturated carbocycles. The van der Waals surface area contributed by atoms with Gasteiger partial charge >= 0.3 is 0 Å². The molecule has 1 aliphatic rings. The third-order valence-electron chi connectivity index (χ3n) is 7.44. The van der Waals surface area contributed by atoms with Crippen molar-refractivity contribution in [3.05, 3.63) is 0 Å². The Morgan fingerprint density at radius 3 is 1.90 bits per heavy atom. The van der Waals surface area contributed by atoms with Gasteiger partial charge in [-0.05, 0) is 56.5 Å². The minimum Gasteiger partial charge on any atom is -0.417 e. The molecule has 1 fully saturated rings. The smallest absolute Gasteiger partial charge is 0.228 e. The van der Waals surface area contributed by atoms with Gasteiger partial charge in [0.15, 0.2) is 16.6 Å². The van der Waals surface area contributed by atoms with Crippen LogP contribution in [0.1, 0.15) is 61.8 Å². The van der Waals surface area contributed by atoms with E-state index in [4.69, 9.17) is 8.85 Å². The SMILES string of the molecule is CC(=O)[C@H](CCO[Si](C)(C)C(C)(C)C)[C@@H]1NC(=O)[C@@H]1[C@@H](C)O[Si](C)(C)C(C)(C)C. The van der Waals surface area contributed by atoms with Crippen molar-refractivity contribution >= 4 is 28.3 Å². The van der Waals surface area contributed by atoms with Gasteiger partial charge in [-0.15, -0.1) is 0 Å². The number of rotatable bonds is 9. The number of ketones is 1. The Morgan fingerprint density at radius 1 is 1.03 bits per heavy atom. The molecule has 0 aromatic rings. The molecular formula is C22H45NO4Si2. The molecule has 1 saturated heterocycles. The molecule has 0 aliphatic carbocycles. The van der Waals surface area contributed by atoms with Gasteiger partial charge in [0.25, 0.3) is 0 Å². The van der Waals surface area contributed by atoms with E-state index in [2.05, 4.69) is 73.0 Å². The Morgan fingerprint density at radius 2 is 1.52 bits per heavy atom. The zero-order chi connectivity index (χ0) is 23.0. The van der Waals surface area contributed by atoms with E-state index in [1.807, 2.05) is 6.92 Å². The zero-order valence-corrected chi connectivity index (χ0v) is 22.9. The van der Waals surface area contributed by atoms with Crippen LogP contribution >= 0.6 is 0 Å². The molecule has 0 aromatic carbocycles. The van der Waals surface area contributed by atoms with Crippen LogP contribution in [0.5, 0.6) is 0 Å². The average molecular weight is 444 g/mol. The van der Waals surface area contributed by atoms with Crippen LogP contribution in [-0.2, 0) is 18.4 Å². The number of amides is 1. The molecule has 1 rings (SSSR count). The Labute approximate surface area is 181 Å². The number of β-lactam (4-membered cyclic amide) rings is 1. The third-order valence-corrected chi connectivity index (χ3v) is 16.6. The van der Waals surface area contributed by atoms with Crippen molar-refractivity contribution in [3.63, 3.8) is 0 Å². The van der Waals surface area contributed by atoms with Crippen LogP contribution in [0.3, 0.4) is 0 Å². The van der Waals surface area contributed by atoms with Crippen LogP contribution in [0.4, 0.5) is 0 Å². The highest BCUT2D eigenvalue weighted by Gasteiger charge is 2.51. The van der Waals surface area contributed by atoms with Crippen LogP contribution in [-0.4, -0.2) is 47.1 Å². The molecule has 1 aliphatic heterocycles. The van der Waals surface area contributed by atoms with E-state index in [9.17, 15) is 9.59 Å². The largest absolute Gasteiger partial charge is 0.417 e. The van der Waals surface area contributed by atoms with Crippen LogP contribution in [0.15, 0.2) is 0 Å². The molecule has 0 bridgehead atoms. The first-order valence-corrected chi connectivity index (χ1v) is 16.8. The highest BCUT2D eigenvalue weighted by molar-refractivity contribution is 6.74. The second-order valence-corrected chi connectivity index (χ2v) is 21.3. The minimum atomic E-state index is -1.99. The Bertz CT molecular complexity index is 605. The lowest BCUT2D eigenvalue weighted by Crippen LogP contribution is -2.67. The van der Waals surface area contributed by atoms with Crippen molar-refractivity contribution in [2.75, 3.05) is 6.61 Å². The van der Waals surface area contributed by atoms with E-state index in [0.717, 1.165) is 0 Å². The highest BCUT2D eigenvalue weighted by Crippen LogP contribution is 2.40. The summed E-state index contributed by atoms with van der Waals surface area (Å²) in [6.07, 6.45) is 0.439. The Kier molecular flexibility index (Phi) is 8.17. The lowest BCUT2D eigenvalue weighted by Gasteiger charge is -2.47. The van der Waals surface area contributed by atoms with Crippen molar-refractivity contribution in [1.29, 1.82) is 0 Å². The van der Waals surface area contributed by atoms with E-state index in [1.165, 1.54) is 0 Å². The lowest BCUT2D eigenvalue weighted by molar-refractivity contribution is -0.144. The Balaban J connectivity index is 2.84. The summed E-state index contributed by atoms with van der Waals surface area (Å²) in [6.45, 7) is 26.2. The molecule has 0 unspecified atom stereocenters. The fraction of sp³-hybridized carbons (Fsp3) is 0.909. The first kappa shape index (κ1) is 26.5. The summed E-state index contributed by atoms with van der Waals surface area (Å²) in [4.78, 5) is 24.8. The van der Waals surface area contributed by atoms with Crippen molar-refractivity contribution in [3.8, 4) is 0 Å². The molecular weight excluding hydrogens is 398 g/mol. The zero-order valence-electron chi connectivity index (χ0n) is 20.9. The van der Waals surface area contributed by atoms with Gasteiger partial charge in [-0.25, -0.2) is 0 Å². The van der Waals surface area contributed by atoms with Crippen molar-refractivity contribution in [1.82, 2.24) is 5.32 Å². The van der Waals surface area contributed by atoms with Gasteiger partial charge in [0, 0.05) is 12.5 Å². The molecule has 5 nitrogen and oxygen atoms in total. The fourth-order valence-corrected chi connectivity index (χ4v) is 5.77. The maximum Gasteiger partial charge on any atom is 0.228 e. The van der Waals surface area contributed by atoms with Gasteiger partial charge in [0.2, 0.25) is 5.91 Å². The highest BCUT2D eigenvalue weighted by atomic mass is 28.4. The van der Waals surface area contributed by atoms with Crippen molar-refractivity contribution < 1.29 is 18.4 Å². The topological polar surface area (TPSA) is 64.6 Å². The van der Waals surface area contributed by atoms with Gasteiger partial charge in [0.05, 0.1) is 18.1 Å². The quantitative estimate of drug-likeness (QED) is 0.396. The standard InChI is InChI=1S/C22H45NO4Si2/c1-15(24)17(13-14-26-28(9,10)21(3,4)5)19-18(20(25)23-19)16(2)27-29(11,12)22(6,7)8/h16-19H,13-14H2,1-12H3,(H,23,25)/t16-,17+,18-,19+/m1/s1. The molecule has 0 spiro atoms.